The van der Waals surface area contributed by atoms with Gasteiger partial charge >= 0.3 is 5.97 Å². The normalized spacial score (nSPS) is 10.9. The number of nitrogens with one attached hydrogen (secondary N) is 2. The first-order valence-electron chi connectivity index (χ1n) is 9.21. The van der Waals surface area contributed by atoms with E-state index < -0.39 is 5.97 Å². The molecule has 27 heavy (non-hydrogen) atoms. The number of carbonyl (C=O) groups is 2. The Kier molecular flexibility index (Phi) is 5.64. The fraction of sp³-hybridized carbons (Fsp3) is 0.333. The summed E-state index contributed by atoms with van der Waals surface area (Å²) < 4.78 is 7.25. The zero-order valence-electron chi connectivity index (χ0n) is 16.0. The lowest BCUT2D eigenvalue weighted by molar-refractivity contribution is 0.0525. The van der Waals surface area contributed by atoms with Crippen molar-refractivity contribution >= 4 is 22.8 Å². The van der Waals surface area contributed by atoms with Gasteiger partial charge in [-0.1, -0.05) is 18.2 Å². The first kappa shape index (κ1) is 18.8. The summed E-state index contributed by atoms with van der Waals surface area (Å²) in [5, 5.41) is 4.14. The van der Waals surface area contributed by atoms with E-state index in [1.54, 1.807) is 20.8 Å². The molecule has 3 rings (SSSR count). The fourth-order valence-corrected chi connectivity index (χ4v) is 3.36. The van der Waals surface area contributed by atoms with Crippen LogP contribution in [0.2, 0.25) is 0 Å². The van der Waals surface area contributed by atoms with Crippen molar-refractivity contribution in [3.05, 3.63) is 59.0 Å². The molecule has 3 aromatic rings. The van der Waals surface area contributed by atoms with Crippen LogP contribution >= 0.6 is 0 Å². The average molecular weight is 367 g/mol. The molecule has 0 saturated carbocycles. The molecule has 0 saturated heterocycles. The summed E-state index contributed by atoms with van der Waals surface area (Å²) in [4.78, 5) is 27.5. The number of ether oxygens (including phenoxy) is 1. The van der Waals surface area contributed by atoms with Crippen LogP contribution in [0.25, 0.3) is 10.9 Å². The largest absolute Gasteiger partial charge is 0.462 e. The molecule has 0 aliphatic carbocycles. The van der Waals surface area contributed by atoms with Gasteiger partial charge in [-0.3, -0.25) is 4.79 Å². The molecule has 1 aromatic carbocycles. The van der Waals surface area contributed by atoms with E-state index in [-0.39, 0.29) is 5.91 Å². The number of aromatic nitrogens is 2. The predicted molar refractivity (Wildman–Crippen MR) is 105 cm³/mol. The van der Waals surface area contributed by atoms with Gasteiger partial charge in [-0.15, -0.1) is 0 Å². The van der Waals surface area contributed by atoms with Gasteiger partial charge in [0.05, 0.1) is 12.2 Å². The first-order chi connectivity index (χ1) is 13.0. The number of fused-ring (bicyclic) bond motifs is 1. The fourth-order valence-electron chi connectivity index (χ4n) is 3.36. The lowest BCUT2D eigenvalue weighted by atomic mass is 10.1. The zero-order chi connectivity index (χ0) is 19.4. The molecule has 0 unspecified atom stereocenters. The highest BCUT2D eigenvalue weighted by Crippen LogP contribution is 2.19. The van der Waals surface area contributed by atoms with Gasteiger partial charge in [-0.25, -0.2) is 4.79 Å². The van der Waals surface area contributed by atoms with Crippen molar-refractivity contribution in [2.24, 2.45) is 0 Å². The second-order valence-corrected chi connectivity index (χ2v) is 6.52. The molecule has 0 atom stereocenters. The minimum absolute atomic E-state index is 0.205. The molecule has 6 heteroatoms. The van der Waals surface area contributed by atoms with Crippen molar-refractivity contribution in [3.63, 3.8) is 0 Å². The predicted octanol–water partition coefficient (Wildman–Crippen LogP) is 3.58. The molecule has 6 nitrogen and oxygen atoms in total. The molecule has 2 aromatic heterocycles. The molecule has 0 radical (unpaired) electrons. The van der Waals surface area contributed by atoms with Crippen molar-refractivity contribution in [2.45, 2.75) is 33.7 Å². The molecule has 0 spiro atoms. The van der Waals surface area contributed by atoms with Crippen LogP contribution in [0.4, 0.5) is 0 Å². The van der Waals surface area contributed by atoms with Gasteiger partial charge in [0.2, 0.25) is 0 Å². The Morgan fingerprint density at radius 3 is 2.74 bits per heavy atom. The van der Waals surface area contributed by atoms with Crippen LogP contribution in [-0.4, -0.2) is 34.6 Å². The minimum Gasteiger partial charge on any atom is -0.462 e. The quantitative estimate of drug-likeness (QED) is 0.495. The average Bonchev–Trinajstić information content (AvgIpc) is 3.19. The van der Waals surface area contributed by atoms with Gasteiger partial charge in [0.15, 0.2) is 0 Å². The van der Waals surface area contributed by atoms with Crippen LogP contribution in [0.3, 0.4) is 0 Å². The number of esters is 1. The number of nitrogens with zero attached hydrogens (tertiary/aromatic N) is 1. The highest BCUT2D eigenvalue weighted by Gasteiger charge is 2.22. The lowest BCUT2D eigenvalue weighted by Crippen LogP contribution is -2.26. The molecule has 0 aliphatic rings. The van der Waals surface area contributed by atoms with Gasteiger partial charge in [-0.05, 0) is 50.3 Å². The van der Waals surface area contributed by atoms with Crippen molar-refractivity contribution in [1.82, 2.24) is 14.9 Å². The van der Waals surface area contributed by atoms with Gasteiger partial charge in [-0.2, -0.15) is 0 Å². The summed E-state index contributed by atoms with van der Waals surface area (Å²) in [5.41, 5.74) is 3.33. The van der Waals surface area contributed by atoms with Crippen LogP contribution in [0.15, 0.2) is 36.5 Å². The summed E-state index contributed by atoms with van der Waals surface area (Å²) in [5.74, 6) is -0.606. The maximum atomic E-state index is 12.5. The van der Waals surface area contributed by atoms with Crippen molar-refractivity contribution < 1.29 is 14.3 Å². The van der Waals surface area contributed by atoms with Gasteiger partial charge < -0.3 is 19.6 Å². The van der Waals surface area contributed by atoms with Gasteiger partial charge in [0, 0.05) is 30.5 Å². The molecule has 0 aliphatic heterocycles. The summed E-state index contributed by atoms with van der Waals surface area (Å²) in [7, 11) is 0. The molecule has 1 amide bonds. The number of aryl methyl sites for hydroxylation is 2. The summed E-state index contributed by atoms with van der Waals surface area (Å²) in [6, 6.07) is 10.3. The first-order valence-corrected chi connectivity index (χ1v) is 9.21. The third-order valence-corrected chi connectivity index (χ3v) is 4.69. The monoisotopic (exact) mass is 367 g/mol. The Morgan fingerprint density at radius 2 is 1.96 bits per heavy atom. The van der Waals surface area contributed by atoms with E-state index in [9.17, 15) is 9.59 Å². The van der Waals surface area contributed by atoms with E-state index in [1.807, 2.05) is 12.1 Å². The Balaban J connectivity index is 1.58. The van der Waals surface area contributed by atoms with Gasteiger partial charge in [0.25, 0.3) is 5.91 Å². The number of amides is 1. The van der Waals surface area contributed by atoms with Crippen LogP contribution in [0.1, 0.15) is 45.4 Å². The minimum atomic E-state index is -0.401. The third-order valence-electron chi connectivity index (χ3n) is 4.69. The third kappa shape index (κ3) is 3.89. The number of benzene rings is 1. The van der Waals surface area contributed by atoms with E-state index in [0.717, 1.165) is 13.0 Å². The van der Waals surface area contributed by atoms with Crippen LogP contribution in [-0.2, 0) is 11.3 Å². The van der Waals surface area contributed by atoms with Crippen LogP contribution in [0.5, 0.6) is 0 Å². The number of aromatic amines is 1. The zero-order valence-corrected chi connectivity index (χ0v) is 16.0. The molecule has 2 N–H and O–H groups in total. The molecule has 0 bridgehead atoms. The highest BCUT2D eigenvalue weighted by atomic mass is 16.5. The van der Waals surface area contributed by atoms with E-state index >= 15 is 0 Å². The summed E-state index contributed by atoms with van der Waals surface area (Å²) >= 11 is 0. The van der Waals surface area contributed by atoms with E-state index in [1.165, 1.54) is 10.9 Å². The summed E-state index contributed by atoms with van der Waals surface area (Å²) in [6.07, 6.45) is 2.88. The van der Waals surface area contributed by atoms with E-state index in [4.69, 9.17) is 4.74 Å². The van der Waals surface area contributed by atoms with Crippen LogP contribution in [0, 0.1) is 13.8 Å². The Labute approximate surface area is 158 Å². The Hall–Kier alpha value is -3.02. The van der Waals surface area contributed by atoms with Crippen molar-refractivity contribution in [1.29, 1.82) is 0 Å². The highest BCUT2D eigenvalue weighted by molar-refractivity contribution is 6.00. The number of para-hydroxylation sites is 1. The summed E-state index contributed by atoms with van der Waals surface area (Å²) in [6.45, 7) is 6.97. The van der Waals surface area contributed by atoms with Crippen molar-refractivity contribution in [3.8, 4) is 0 Å². The smallest absolute Gasteiger partial charge is 0.340 e. The SMILES string of the molecule is CCOC(=O)c1c(C)[nH]c(C(=O)NCCCn2ccc3ccccc32)c1C. The number of rotatable bonds is 7. The van der Waals surface area contributed by atoms with Crippen molar-refractivity contribution in [2.75, 3.05) is 13.2 Å². The second kappa shape index (κ2) is 8.12. The molecule has 2 heterocycles. The Morgan fingerprint density at radius 1 is 1.19 bits per heavy atom. The standard InChI is InChI=1S/C21H25N3O3/c1-4-27-21(26)18-14(2)19(23-15(18)3)20(25)22-11-7-12-24-13-10-16-8-5-6-9-17(16)24/h5-6,8-10,13,23H,4,7,11-12H2,1-3H3,(H,22,25). The number of carbonyl (C=O) groups excluding carboxylic acids is 2. The van der Waals surface area contributed by atoms with E-state index in [2.05, 4.69) is 39.3 Å². The maximum Gasteiger partial charge on any atom is 0.340 e. The number of hydrogen-bond acceptors (Lipinski definition) is 3. The number of H-pyrrole nitrogens is 1. The molecule has 0 fully saturated rings. The molecular weight excluding hydrogens is 342 g/mol. The van der Waals surface area contributed by atoms with Crippen LogP contribution < -0.4 is 5.32 Å². The lowest BCUT2D eigenvalue weighted by Gasteiger charge is -2.07. The maximum absolute atomic E-state index is 12.5. The Bertz CT molecular complexity index is 968. The topological polar surface area (TPSA) is 76.1 Å². The van der Waals surface area contributed by atoms with E-state index in [0.29, 0.717) is 35.7 Å². The second-order valence-electron chi connectivity index (χ2n) is 6.52. The molecular formula is C21H25N3O3. The number of hydrogen-bond donors (Lipinski definition) is 2. The van der Waals surface area contributed by atoms with Gasteiger partial charge in [0.1, 0.15) is 5.69 Å². The molecule has 142 valence electrons.